The van der Waals surface area contributed by atoms with E-state index in [0.717, 1.165) is 50.1 Å². The Morgan fingerprint density at radius 2 is 1.48 bits per heavy atom. The van der Waals surface area contributed by atoms with Gasteiger partial charge in [0.2, 0.25) is 7.37 Å². The van der Waals surface area contributed by atoms with Crippen LogP contribution in [0, 0.1) is 0 Å². The van der Waals surface area contributed by atoms with Crippen LogP contribution in [-0.2, 0) is 26.9 Å². The lowest BCUT2D eigenvalue weighted by atomic mass is 10.1. The van der Waals surface area contributed by atoms with Gasteiger partial charge in [-0.05, 0) is 86.3 Å². The molecule has 0 amide bonds. The van der Waals surface area contributed by atoms with Crippen LogP contribution in [-0.4, -0.2) is 50.5 Å². The average Bonchev–Trinajstić information content (AvgIpc) is 2.98. The summed E-state index contributed by atoms with van der Waals surface area (Å²) in [4.78, 5) is 0. The first-order valence-electron chi connectivity index (χ1n) is 14.2. The highest BCUT2D eigenvalue weighted by Gasteiger charge is 2.24. The molecule has 1 atom stereocenters. The van der Waals surface area contributed by atoms with Crippen LogP contribution in [0.25, 0.3) is 0 Å². The molecule has 0 saturated carbocycles. The van der Waals surface area contributed by atoms with Crippen molar-refractivity contribution in [2.75, 3.05) is 45.4 Å². The van der Waals surface area contributed by atoms with Crippen molar-refractivity contribution in [3.8, 4) is 17.2 Å². The van der Waals surface area contributed by atoms with Crippen molar-refractivity contribution in [3.63, 3.8) is 0 Å². The van der Waals surface area contributed by atoms with Gasteiger partial charge in [0.05, 0.1) is 19.8 Å². The van der Waals surface area contributed by atoms with E-state index in [-0.39, 0.29) is 12.1 Å². The van der Waals surface area contributed by atoms with Gasteiger partial charge in [0.1, 0.15) is 17.2 Å². The Labute approximate surface area is 239 Å². The smallest absolute Gasteiger partial charge is 0.239 e. The molecule has 0 aliphatic carbocycles. The highest BCUT2D eigenvalue weighted by Crippen LogP contribution is 2.47. The maximum absolute atomic E-state index is 13.5. The third-order valence-corrected chi connectivity index (χ3v) is 8.44. The van der Waals surface area contributed by atoms with Gasteiger partial charge in [-0.1, -0.05) is 55.8 Å². The second-order valence-electron chi connectivity index (χ2n) is 9.73. The summed E-state index contributed by atoms with van der Waals surface area (Å²) in [6, 6.07) is 24.8. The number of aromatic hydroxyl groups is 1. The minimum Gasteiger partial charge on any atom is -0.508 e. The van der Waals surface area contributed by atoms with E-state index in [1.54, 1.807) is 24.3 Å². The van der Waals surface area contributed by atoms with E-state index < -0.39 is 7.37 Å². The third kappa shape index (κ3) is 13.0. The predicted molar refractivity (Wildman–Crippen MR) is 161 cm³/mol. The lowest BCUT2D eigenvalue weighted by Crippen LogP contribution is -2.20. The van der Waals surface area contributed by atoms with Gasteiger partial charge in [-0.3, -0.25) is 4.57 Å². The lowest BCUT2D eigenvalue weighted by molar-refractivity contribution is 0.121. The van der Waals surface area contributed by atoms with Crippen molar-refractivity contribution >= 4 is 7.37 Å². The molecule has 40 heavy (non-hydrogen) atoms. The van der Waals surface area contributed by atoms with Gasteiger partial charge < -0.3 is 29.2 Å². The van der Waals surface area contributed by atoms with E-state index in [4.69, 9.17) is 18.7 Å². The van der Waals surface area contributed by atoms with Gasteiger partial charge in [0.15, 0.2) is 6.35 Å². The molecule has 0 heterocycles. The van der Waals surface area contributed by atoms with Crippen LogP contribution in [0.15, 0.2) is 78.9 Å². The molecule has 0 aliphatic rings. The summed E-state index contributed by atoms with van der Waals surface area (Å²) in [7, 11) is -2.93. The van der Waals surface area contributed by atoms with Crippen molar-refractivity contribution < 1.29 is 28.4 Å². The first-order valence-corrected chi connectivity index (χ1v) is 16.2. The van der Waals surface area contributed by atoms with Crippen molar-refractivity contribution in [3.05, 3.63) is 90.0 Å². The minimum absolute atomic E-state index is 0.0719. The normalized spacial score (nSPS) is 12.6. The van der Waals surface area contributed by atoms with E-state index in [2.05, 4.69) is 12.2 Å². The van der Waals surface area contributed by atoms with Gasteiger partial charge in [-0.2, -0.15) is 0 Å². The van der Waals surface area contributed by atoms with Crippen LogP contribution in [0.3, 0.4) is 0 Å². The van der Waals surface area contributed by atoms with Crippen molar-refractivity contribution in [1.82, 2.24) is 5.32 Å². The summed E-state index contributed by atoms with van der Waals surface area (Å²) in [5.74, 6) is 1.70. The number of nitrogens with one attached hydrogen (secondary N) is 1. The molecule has 8 heteroatoms. The molecular formula is C32H44NO6P. The molecule has 0 bridgehead atoms. The van der Waals surface area contributed by atoms with Crippen molar-refractivity contribution in [2.45, 2.75) is 45.6 Å². The Morgan fingerprint density at radius 3 is 2.23 bits per heavy atom. The molecule has 0 aromatic heterocycles. The summed E-state index contributed by atoms with van der Waals surface area (Å²) < 4.78 is 36.7. The quantitative estimate of drug-likeness (QED) is 0.105. The Kier molecular flexibility index (Phi) is 14.7. The van der Waals surface area contributed by atoms with Crippen molar-refractivity contribution in [2.24, 2.45) is 0 Å². The largest absolute Gasteiger partial charge is 0.508 e. The third-order valence-electron chi connectivity index (χ3n) is 6.27. The first-order chi connectivity index (χ1) is 19.6. The monoisotopic (exact) mass is 569 g/mol. The van der Waals surface area contributed by atoms with Gasteiger partial charge >= 0.3 is 0 Å². The van der Waals surface area contributed by atoms with E-state index in [1.165, 1.54) is 5.56 Å². The fourth-order valence-corrected chi connectivity index (χ4v) is 5.68. The number of benzene rings is 3. The minimum atomic E-state index is -2.93. The van der Waals surface area contributed by atoms with Crippen LogP contribution in [0.2, 0.25) is 0 Å². The van der Waals surface area contributed by atoms with Gasteiger partial charge in [-0.15, -0.1) is 0 Å². The molecule has 3 aromatic rings. The van der Waals surface area contributed by atoms with Gasteiger partial charge in [0.25, 0.3) is 0 Å². The van der Waals surface area contributed by atoms with E-state index in [0.29, 0.717) is 44.8 Å². The maximum Gasteiger partial charge on any atom is 0.239 e. The summed E-state index contributed by atoms with van der Waals surface area (Å²) in [6.07, 6.45) is 4.84. The summed E-state index contributed by atoms with van der Waals surface area (Å²) in [5.41, 5.74) is 2.34. The Bertz CT molecular complexity index is 1110. The number of ether oxygens (including phenoxy) is 3. The van der Waals surface area contributed by atoms with Crippen molar-refractivity contribution in [1.29, 1.82) is 0 Å². The molecule has 2 N–H and O–H groups in total. The molecule has 0 radical (unpaired) electrons. The fraction of sp³-hybridized carbons (Fsp3) is 0.438. The van der Waals surface area contributed by atoms with E-state index >= 15 is 0 Å². The fourth-order valence-electron chi connectivity index (χ4n) is 3.93. The van der Waals surface area contributed by atoms with Crippen LogP contribution >= 0.6 is 7.37 Å². The molecular weight excluding hydrogens is 525 g/mol. The van der Waals surface area contributed by atoms with Crippen LogP contribution in [0.5, 0.6) is 17.2 Å². The molecule has 0 aliphatic heterocycles. The molecule has 3 rings (SSSR count). The molecule has 7 nitrogen and oxygen atoms in total. The first kappa shape index (κ1) is 31.7. The number of rotatable bonds is 21. The summed E-state index contributed by atoms with van der Waals surface area (Å²) in [5, 5.41) is 12.7. The molecule has 0 saturated heterocycles. The van der Waals surface area contributed by atoms with Crippen LogP contribution in [0.1, 0.15) is 43.7 Å². The average molecular weight is 570 g/mol. The Balaban J connectivity index is 1.31. The van der Waals surface area contributed by atoms with E-state index in [9.17, 15) is 9.67 Å². The van der Waals surface area contributed by atoms with Gasteiger partial charge in [-0.25, -0.2) is 0 Å². The Morgan fingerprint density at radius 1 is 0.750 bits per heavy atom. The van der Waals surface area contributed by atoms with Crippen LogP contribution in [0.4, 0.5) is 0 Å². The zero-order valence-electron chi connectivity index (χ0n) is 23.6. The number of unbranched alkanes of at least 4 members (excludes halogenated alkanes) is 1. The number of phenolic OH excluding ortho intramolecular Hbond substituents is 1. The highest BCUT2D eigenvalue weighted by molar-refractivity contribution is 7.58. The zero-order chi connectivity index (χ0) is 28.3. The van der Waals surface area contributed by atoms with E-state index in [1.807, 2.05) is 54.6 Å². The Hall–Kier alpha value is -2.83. The highest BCUT2D eigenvalue weighted by atomic mass is 31.2. The standard InChI is InChI=1S/C32H44NO6P/c1-2-3-24-39-40(35,25-8-22-36-26-29-9-5-4-6-10-29)27-38-32-15-11-28(12-16-32)19-21-33-20-7-23-37-31-17-13-30(34)14-18-31/h4-6,9-18,33-34H,2-3,7-8,19-27H2,1H3. The zero-order valence-corrected chi connectivity index (χ0v) is 24.5. The second kappa shape index (κ2) is 18.5. The van der Waals surface area contributed by atoms with Crippen LogP contribution < -0.4 is 14.8 Å². The molecule has 0 spiro atoms. The number of hydrogen-bond acceptors (Lipinski definition) is 7. The van der Waals surface area contributed by atoms with Gasteiger partial charge in [0, 0.05) is 12.8 Å². The molecule has 3 aromatic carbocycles. The molecule has 0 fully saturated rings. The SMILES string of the molecule is CCCCOP(=O)(CCCOCc1ccccc1)COc1ccc(CCNCCCOc2ccc(O)cc2)cc1. The molecule has 1 unspecified atom stereocenters. The topological polar surface area (TPSA) is 86.3 Å². The second-order valence-corrected chi connectivity index (χ2v) is 12.3. The summed E-state index contributed by atoms with van der Waals surface area (Å²) >= 11 is 0. The lowest BCUT2D eigenvalue weighted by Gasteiger charge is -2.19. The molecule has 218 valence electrons. The predicted octanol–water partition coefficient (Wildman–Crippen LogP) is 7.03. The number of hydrogen-bond donors (Lipinski definition) is 2. The number of phenols is 1. The summed E-state index contributed by atoms with van der Waals surface area (Å²) in [6.45, 7) is 6.01. The maximum atomic E-state index is 13.5.